The highest BCUT2D eigenvalue weighted by Gasteiger charge is 2.25. The standard InChI is InChI=1S/C19H31N3.ClH/c1-21(14-18-9-5-11-20-13-18)19-10-6-12-22(16-19)15-17-7-3-2-4-8-17;/h2-4,7-8,18-20H,5-6,9-16H2,1H3;1H. The molecule has 0 saturated carbocycles. The van der Waals surface area contributed by atoms with E-state index in [2.05, 4.69) is 52.5 Å². The van der Waals surface area contributed by atoms with Gasteiger partial charge in [-0.2, -0.15) is 0 Å². The molecule has 2 heterocycles. The summed E-state index contributed by atoms with van der Waals surface area (Å²) in [5, 5.41) is 3.55. The van der Waals surface area contributed by atoms with E-state index in [1.807, 2.05) is 0 Å². The van der Waals surface area contributed by atoms with Crippen molar-refractivity contribution in [1.29, 1.82) is 0 Å². The summed E-state index contributed by atoms with van der Waals surface area (Å²) < 4.78 is 0. The predicted molar refractivity (Wildman–Crippen MR) is 100 cm³/mol. The van der Waals surface area contributed by atoms with E-state index in [4.69, 9.17) is 0 Å². The van der Waals surface area contributed by atoms with Crippen LogP contribution in [0.25, 0.3) is 0 Å². The smallest absolute Gasteiger partial charge is 0.0234 e. The van der Waals surface area contributed by atoms with Crippen LogP contribution in [-0.4, -0.2) is 55.6 Å². The van der Waals surface area contributed by atoms with Gasteiger partial charge in [0.25, 0.3) is 0 Å². The van der Waals surface area contributed by atoms with Crippen molar-refractivity contribution in [2.24, 2.45) is 5.92 Å². The Bertz CT molecular complexity index is 434. The first-order valence-corrected chi connectivity index (χ1v) is 8.98. The molecule has 0 radical (unpaired) electrons. The molecule has 2 aliphatic rings. The van der Waals surface area contributed by atoms with Gasteiger partial charge in [-0.1, -0.05) is 30.3 Å². The molecule has 3 rings (SSSR count). The lowest BCUT2D eigenvalue weighted by molar-refractivity contribution is 0.0962. The summed E-state index contributed by atoms with van der Waals surface area (Å²) in [6.07, 6.45) is 5.45. The summed E-state index contributed by atoms with van der Waals surface area (Å²) in [5.74, 6) is 0.850. The second-order valence-corrected chi connectivity index (χ2v) is 7.17. The third-order valence-electron chi connectivity index (χ3n) is 5.30. The lowest BCUT2D eigenvalue weighted by atomic mass is 9.97. The molecule has 0 amide bonds. The SMILES string of the molecule is CN(CC1CCCNC1)C1CCCN(Cc2ccccc2)C1.Cl. The number of likely N-dealkylation sites (N-methyl/N-ethyl adjacent to an activating group) is 1. The molecular weight excluding hydrogens is 306 g/mol. The van der Waals surface area contributed by atoms with Gasteiger partial charge in [-0.15, -0.1) is 12.4 Å². The number of nitrogens with one attached hydrogen (secondary N) is 1. The van der Waals surface area contributed by atoms with E-state index in [1.165, 1.54) is 64.0 Å². The van der Waals surface area contributed by atoms with Crippen LogP contribution in [0.2, 0.25) is 0 Å². The average Bonchev–Trinajstić information content (AvgIpc) is 2.57. The first kappa shape index (κ1) is 18.7. The van der Waals surface area contributed by atoms with Crippen molar-refractivity contribution in [1.82, 2.24) is 15.1 Å². The maximum atomic E-state index is 3.55. The average molecular weight is 338 g/mol. The zero-order valence-corrected chi connectivity index (χ0v) is 15.2. The number of hydrogen-bond donors (Lipinski definition) is 1. The number of benzene rings is 1. The molecular formula is C19H32ClN3. The van der Waals surface area contributed by atoms with Crippen LogP contribution in [0.5, 0.6) is 0 Å². The van der Waals surface area contributed by atoms with Crippen LogP contribution in [0, 0.1) is 5.92 Å². The molecule has 1 aromatic carbocycles. The lowest BCUT2D eigenvalue weighted by Gasteiger charge is -2.39. The van der Waals surface area contributed by atoms with Gasteiger partial charge < -0.3 is 10.2 Å². The molecule has 1 N–H and O–H groups in total. The van der Waals surface area contributed by atoms with Crippen LogP contribution in [0.1, 0.15) is 31.2 Å². The highest BCUT2D eigenvalue weighted by atomic mass is 35.5. The molecule has 2 aliphatic heterocycles. The molecule has 23 heavy (non-hydrogen) atoms. The van der Waals surface area contributed by atoms with Crippen LogP contribution in [0.15, 0.2) is 30.3 Å². The van der Waals surface area contributed by atoms with E-state index in [1.54, 1.807) is 0 Å². The highest BCUT2D eigenvalue weighted by Crippen LogP contribution is 2.19. The molecule has 130 valence electrons. The van der Waals surface area contributed by atoms with Crippen molar-refractivity contribution in [2.45, 2.75) is 38.3 Å². The molecule has 0 aromatic heterocycles. The van der Waals surface area contributed by atoms with E-state index >= 15 is 0 Å². The molecule has 4 heteroatoms. The van der Waals surface area contributed by atoms with Crippen molar-refractivity contribution in [3.8, 4) is 0 Å². The lowest BCUT2D eigenvalue weighted by Crippen LogP contribution is -2.48. The highest BCUT2D eigenvalue weighted by molar-refractivity contribution is 5.85. The number of rotatable bonds is 5. The summed E-state index contributed by atoms with van der Waals surface area (Å²) >= 11 is 0. The predicted octanol–water partition coefficient (Wildman–Crippen LogP) is 3.00. The Morgan fingerprint density at radius 1 is 1.17 bits per heavy atom. The van der Waals surface area contributed by atoms with Crippen LogP contribution < -0.4 is 5.32 Å². The fraction of sp³-hybridized carbons (Fsp3) is 0.684. The topological polar surface area (TPSA) is 18.5 Å². The van der Waals surface area contributed by atoms with Crippen LogP contribution >= 0.6 is 12.4 Å². The molecule has 2 saturated heterocycles. The molecule has 2 unspecified atom stereocenters. The summed E-state index contributed by atoms with van der Waals surface area (Å²) in [4.78, 5) is 5.27. The van der Waals surface area contributed by atoms with Gasteiger partial charge in [-0.05, 0) is 63.8 Å². The number of halogens is 1. The maximum absolute atomic E-state index is 3.55. The van der Waals surface area contributed by atoms with Crippen molar-refractivity contribution < 1.29 is 0 Å². The van der Waals surface area contributed by atoms with Gasteiger partial charge in [-0.25, -0.2) is 0 Å². The minimum absolute atomic E-state index is 0. The monoisotopic (exact) mass is 337 g/mol. The fourth-order valence-corrected chi connectivity index (χ4v) is 4.01. The van der Waals surface area contributed by atoms with E-state index in [9.17, 15) is 0 Å². The Morgan fingerprint density at radius 2 is 2.00 bits per heavy atom. The summed E-state index contributed by atoms with van der Waals surface area (Å²) in [6, 6.07) is 11.6. The van der Waals surface area contributed by atoms with Gasteiger partial charge in [0.05, 0.1) is 0 Å². The Hall–Kier alpha value is -0.610. The third kappa shape index (κ3) is 5.75. The van der Waals surface area contributed by atoms with Crippen molar-refractivity contribution in [3.05, 3.63) is 35.9 Å². The molecule has 2 fully saturated rings. The van der Waals surface area contributed by atoms with Crippen molar-refractivity contribution >= 4 is 12.4 Å². The Kier molecular flexibility index (Phi) is 7.84. The van der Waals surface area contributed by atoms with Crippen LogP contribution in [0.4, 0.5) is 0 Å². The second kappa shape index (κ2) is 9.63. The van der Waals surface area contributed by atoms with Gasteiger partial charge in [0.1, 0.15) is 0 Å². The largest absolute Gasteiger partial charge is 0.316 e. The van der Waals surface area contributed by atoms with Crippen LogP contribution in [0.3, 0.4) is 0 Å². The van der Waals surface area contributed by atoms with Crippen LogP contribution in [-0.2, 0) is 6.54 Å². The van der Waals surface area contributed by atoms with Crippen molar-refractivity contribution in [3.63, 3.8) is 0 Å². The number of hydrogen-bond acceptors (Lipinski definition) is 3. The fourth-order valence-electron chi connectivity index (χ4n) is 4.01. The summed E-state index contributed by atoms with van der Waals surface area (Å²) in [7, 11) is 2.34. The first-order chi connectivity index (χ1) is 10.8. The number of nitrogens with zero attached hydrogens (tertiary/aromatic N) is 2. The zero-order valence-electron chi connectivity index (χ0n) is 14.4. The summed E-state index contributed by atoms with van der Waals surface area (Å²) in [5.41, 5.74) is 1.45. The van der Waals surface area contributed by atoms with Gasteiger partial charge >= 0.3 is 0 Å². The van der Waals surface area contributed by atoms with Gasteiger partial charge in [0.2, 0.25) is 0 Å². The van der Waals surface area contributed by atoms with Gasteiger partial charge in [0.15, 0.2) is 0 Å². The molecule has 0 spiro atoms. The number of likely N-dealkylation sites (tertiary alicyclic amines) is 1. The molecule has 0 aliphatic carbocycles. The third-order valence-corrected chi connectivity index (χ3v) is 5.30. The molecule has 1 aromatic rings. The first-order valence-electron chi connectivity index (χ1n) is 8.98. The zero-order chi connectivity index (χ0) is 15.2. The minimum Gasteiger partial charge on any atom is -0.316 e. The van der Waals surface area contributed by atoms with E-state index in [-0.39, 0.29) is 12.4 Å². The molecule has 2 atom stereocenters. The normalized spacial score (nSPS) is 26.0. The number of piperidine rings is 2. The van der Waals surface area contributed by atoms with Gasteiger partial charge in [-0.3, -0.25) is 4.90 Å². The van der Waals surface area contributed by atoms with E-state index < -0.39 is 0 Å². The molecule has 0 bridgehead atoms. The minimum atomic E-state index is 0. The van der Waals surface area contributed by atoms with Crippen molar-refractivity contribution in [2.75, 3.05) is 39.8 Å². The maximum Gasteiger partial charge on any atom is 0.0234 e. The Balaban J connectivity index is 0.00000192. The Labute approximate surface area is 147 Å². The molecule has 3 nitrogen and oxygen atoms in total. The van der Waals surface area contributed by atoms with E-state index in [0.29, 0.717) is 0 Å². The van der Waals surface area contributed by atoms with Gasteiger partial charge in [0, 0.05) is 25.7 Å². The van der Waals surface area contributed by atoms with E-state index in [0.717, 1.165) is 18.5 Å². The summed E-state index contributed by atoms with van der Waals surface area (Å²) in [6.45, 7) is 7.28. The quantitative estimate of drug-likeness (QED) is 0.891. The second-order valence-electron chi connectivity index (χ2n) is 7.17. The Morgan fingerprint density at radius 3 is 2.74 bits per heavy atom.